The van der Waals surface area contributed by atoms with Crippen LogP contribution in [0.5, 0.6) is 0 Å². The minimum Gasteiger partial charge on any atom is -0.326 e. The zero-order valence-corrected chi connectivity index (χ0v) is 16.8. The molecule has 3 rings (SSSR count). The molecular formula is C21H19Cl2N3O2. The van der Waals surface area contributed by atoms with Gasteiger partial charge < -0.3 is 5.32 Å². The van der Waals surface area contributed by atoms with E-state index in [-0.39, 0.29) is 17.9 Å². The maximum atomic E-state index is 12.2. The largest absolute Gasteiger partial charge is 0.326 e. The number of nitrogens with one attached hydrogen (secondary N) is 1. The number of carbonyl (C=O) groups is 1. The molecule has 0 saturated carbocycles. The van der Waals surface area contributed by atoms with Crippen molar-refractivity contribution in [2.45, 2.75) is 26.3 Å². The van der Waals surface area contributed by atoms with Crippen LogP contribution in [0.15, 0.2) is 59.4 Å². The van der Waals surface area contributed by atoms with Gasteiger partial charge in [0.1, 0.15) is 0 Å². The fraction of sp³-hybridized carbons (Fsp3) is 0.190. The monoisotopic (exact) mass is 415 g/mol. The maximum absolute atomic E-state index is 12.2. The molecule has 0 bridgehead atoms. The fourth-order valence-corrected chi connectivity index (χ4v) is 3.01. The second-order valence-electron chi connectivity index (χ2n) is 6.40. The predicted molar refractivity (Wildman–Crippen MR) is 113 cm³/mol. The van der Waals surface area contributed by atoms with Crippen molar-refractivity contribution in [2.24, 2.45) is 0 Å². The molecule has 1 amide bonds. The van der Waals surface area contributed by atoms with Crippen molar-refractivity contribution in [3.05, 3.63) is 80.6 Å². The Balaban J connectivity index is 1.62. The Morgan fingerprint density at radius 1 is 1.04 bits per heavy atom. The number of hydrogen-bond donors (Lipinski definition) is 1. The summed E-state index contributed by atoms with van der Waals surface area (Å²) in [5, 5.41) is 8.44. The number of hydrogen-bond acceptors (Lipinski definition) is 3. The summed E-state index contributed by atoms with van der Waals surface area (Å²) in [5.41, 5.74) is 2.97. The van der Waals surface area contributed by atoms with E-state index in [0.717, 1.165) is 11.1 Å². The average Bonchev–Trinajstić information content (AvgIpc) is 2.67. The summed E-state index contributed by atoms with van der Waals surface area (Å²) >= 11 is 11.9. The van der Waals surface area contributed by atoms with Crippen molar-refractivity contribution in [3.63, 3.8) is 0 Å². The number of nitrogens with zero attached hydrogens (tertiary/aromatic N) is 2. The molecule has 0 spiro atoms. The van der Waals surface area contributed by atoms with Gasteiger partial charge in [-0.3, -0.25) is 9.59 Å². The number of rotatable bonds is 6. The van der Waals surface area contributed by atoms with Crippen LogP contribution in [0.4, 0.5) is 5.69 Å². The van der Waals surface area contributed by atoms with Crippen LogP contribution in [-0.2, 0) is 11.3 Å². The second-order valence-corrected chi connectivity index (χ2v) is 7.27. The highest BCUT2D eigenvalue weighted by molar-refractivity contribution is 6.31. The maximum Gasteiger partial charge on any atom is 0.266 e. The first-order chi connectivity index (χ1) is 13.4. The topological polar surface area (TPSA) is 64.0 Å². The van der Waals surface area contributed by atoms with Gasteiger partial charge in [-0.05, 0) is 49.2 Å². The van der Waals surface area contributed by atoms with Crippen LogP contribution in [0.25, 0.3) is 11.3 Å². The zero-order chi connectivity index (χ0) is 20.1. The SMILES string of the molecule is Cc1ccc(Cl)cc1NC(=O)CCCn1nc(-c2ccc(Cl)cc2)ccc1=O. The number of benzene rings is 2. The summed E-state index contributed by atoms with van der Waals surface area (Å²) in [5.74, 6) is -0.132. The molecule has 0 aliphatic heterocycles. The molecule has 0 atom stereocenters. The van der Waals surface area contributed by atoms with E-state index in [1.807, 2.05) is 25.1 Å². The number of aromatic nitrogens is 2. The van der Waals surface area contributed by atoms with Crippen molar-refractivity contribution in [2.75, 3.05) is 5.32 Å². The lowest BCUT2D eigenvalue weighted by Crippen LogP contribution is -2.23. The van der Waals surface area contributed by atoms with E-state index in [2.05, 4.69) is 10.4 Å². The summed E-state index contributed by atoms with van der Waals surface area (Å²) in [6.07, 6.45) is 0.758. The molecule has 2 aromatic carbocycles. The molecule has 7 heteroatoms. The van der Waals surface area contributed by atoms with Crippen molar-refractivity contribution >= 4 is 34.8 Å². The number of amides is 1. The van der Waals surface area contributed by atoms with Crippen molar-refractivity contribution < 1.29 is 4.79 Å². The second kappa shape index (κ2) is 9.04. The first-order valence-corrected chi connectivity index (χ1v) is 9.58. The highest BCUT2D eigenvalue weighted by atomic mass is 35.5. The Labute approximate surface area is 172 Å². The zero-order valence-electron chi connectivity index (χ0n) is 15.3. The van der Waals surface area contributed by atoms with Crippen molar-refractivity contribution in [3.8, 4) is 11.3 Å². The van der Waals surface area contributed by atoms with Gasteiger partial charge in [-0.15, -0.1) is 0 Å². The van der Waals surface area contributed by atoms with E-state index in [4.69, 9.17) is 23.2 Å². The van der Waals surface area contributed by atoms with Crippen LogP contribution < -0.4 is 10.9 Å². The third-order valence-electron chi connectivity index (χ3n) is 4.25. The molecule has 1 heterocycles. The predicted octanol–water partition coefficient (Wildman–Crippen LogP) is 4.94. The lowest BCUT2D eigenvalue weighted by molar-refractivity contribution is -0.116. The Kier molecular flexibility index (Phi) is 6.49. The molecule has 0 fully saturated rings. The molecule has 5 nitrogen and oxygen atoms in total. The van der Waals surface area contributed by atoms with Gasteiger partial charge in [0, 0.05) is 40.3 Å². The van der Waals surface area contributed by atoms with Gasteiger partial charge in [0.25, 0.3) is 5.56 Å². The smallest absolute Gasteiger partial charge is 0.266 e. The van der Waals surface area contributed by atoms with E-state index >= 15 is 0 Å². The highest BCUT2D eigenvalue weighted by Crippen LogP contribution is 2.21. The summed E-state index contributed by atoms with van der Waals surface area (Å²) < 4.78 is 1.38. The number of anilines is 1. The summed E-state index contributed by atoms with van der Waals surface area (Å²) in [4.78, 5) is 24.3. The molecule has 0 radical (unpaired) electrons. The van der Waals surface area contributed by atoms with Gasteiger partial charge in [-0.25, -0.2) is 4.68 Å². The Hall–Kier alpha value is -2.63. The van der Waals surface area contributed by atoms with Crippen LogP contribution in [0, 0.1) is 6.92 Å². The van der Waals surface area contributed by atoms with E-state index in [1.165, 1.54) is 10.7 Å². The third kappa shape index (κ3) is 5.21. The van der Waals surface area contributed by atoms with Crippen molar-refractivity contribution in [1.29, 1.82) is 0 Å². The van der Waals surface area contributed by atoms with E-state index < -0.39 is 0 Å². The van der Waals surface area contributed by atoms with Gasteiger partial charge >= 0.3 is 0 Å². The molecule has 144 valence electrons. The minimum atomic E-state index is -0.205. The molecule has 0 saturated heterocycles. The first kappa shape index (κ1) is 20.1. The normalized spacial score (nSPS) is 10.7. The fourth-order valence-electron chi connectivity index (χ4n) is 2.71. The average molecular weight is 416 g/mol. The number of aryl methyl sites for hydroxylation is 2. The van der Waals surface area contributed by atoms with Gasteiger partial charge in [-0.2, -0.15) is 5.10 Å². The van der Waals surface area contributed by atoms with Gasteiger partial charge in [0.2, 0.25) is 5.91 Å². The summed E-state index contributed by atoms with van der Waals surface area (Å²) in [7, 11) is 0. The van der Waals surface area contributed by atoms with E-state index in [1.54, 1.807) is 30.3 Å². The van der Waals surface area contributed by atoms with Crippen LogP contribution in [-0.4, -0.2) is 15.7 Å². The molecule has 0 aliphatic rings. The van der Waals surface area contributed by atoms with Crippen LogP contribution in [0.3, 0.4) is 0 Å². The van der Waals surface area contributed by atoms with Crippen LogP contribution in [0.1, 0.15) is 18.4 Å². The number of halogens is 2. The molecule has 0 unspecified atom stereocenters. The molecule has 1 aromatic heterocycles. The Bertz CT molecular complexity index is 1050. The molecule has 28 heavy (non-hydrogen) atoms. The Morgan fingerprint density at radius 3 is 2.50 bits per heavy atom. The van der Waals surface area contributed by atoms with Gasteiger partial charge in [0.05, 0.1) is 5.69 Å². The standard InChI is InChI=1S/C21H19Cl2N3O2/c1-14-4-7-17(23)13-19(14)24-20(27)3-2-12-26-21(28)11-10-18(25-26)15-5-8-16(22)9-6-15/h4-11,13H,2-3,12H2,1H3,(H,24,27). The lowest BCUT2D eigenvalue weighted by Gasteiger charge is -2.10. The minimum absolute atomic E-state index is 0.132. The molecular weight excluding hydrogens is 397 g/mol. The quantitative estimate of drug-likeness (QED) is 0.619. The molecule has 0 aliphatic carbocycles. The van der Waals surface area contributed by atoms with E-state index in [0.29, 0.717) is 34.4 Å². The molecule has 3 aromatic rings. The van der Waals surface area contributed by atoms with Crippen LogP contribution >= 0.6 is 23.2 Å². The van der Waals surface area contributed by atoms with E-state index in [9.17, 15) is 9.59 Å². The molecule has 1 N–H and O–H groups in total. The van der Waals surface area contributed by atoms with Crippen molar-refractivity contribution in [1.82, 2.24) is 9.78 Å². The number of carbonyl (C=O) groups excluding carboxylic acids is 1. The van der Waals surface area contributed by atoms with Crippen LogP contribution in [0.2, 0.25) is 10.0 Å². The first-order valence-electron chi connectivity index (χ1n) is 8.82. The summed E-state index contributed by atoms with van der Waals surface area (Å²) in [6.45, 7) is 2.25. The third-order valence-corrected chi connectivity index (χ3v) is 4.74. The van der Waals surface area contributed by atoms with Gasteiger partial charge in [0.15, 0.2) is 0 Å². The Morgan fingerprint density at radius 2 is 1.75 bits per heavy atom. The summed E-state index contributed by atoms with van der Waals surface area (Å²) in [6, 6.07) is 15.7. The lowest BCUT2D eigenvalue weighted by atomic mass is 10.1. The highest BCUT2D eigenvalue weighted by Gasteiger charge is 2.08. The van der Waals surface area contributed by atoms with Gasteiger partial charge in [-0.1, -0.05) is 41.4 Å².